The van der Waals surface area contributed by atoms with Crippen molar-refractivity contribution in [1.82, 2.24) is 20.2 Å². The third-order valence-electron chi connectivity index (χ3n) is 5.70. The summed E-state index contributed by atoms with van der Waals surface area (Å²) < 4.78 is 16.4. The molecule has 236 valence electrons. The van der Waals surface area contributed by atoms with Crippen molar-refractivity contribution in [1.29, 1.82) is 0 Å². The lowest BCUT2D eigenvalue weighted by Crippen LogP contribution is -2.59. The molecular weight excluding hydrogens is 550 g/mol. The van der Waals surface area contributed by atoms with E-state index in [1.165, 1.54) is 13.3 Å². The number of ether oxygens (including phenoxy) is 3. The van der Waals surface area contributed by atoms with Gasteiger partial charge in [-0.3, -0.25) is 14.7 Å². The van der Waals surface area contributed by atoms with E-state index in [1.54, 1.807) is 74.4 Å². The molecule has 0 bridgehead atoms. The zero-order chi connectivity index (χ0) is 32.2. The number of hydrogen-bond acceptors (Lipinski definition) is 11. The molecule has 0 saturated heterocycles. The molecule has 1 aliphatic rings. The SMILES string of the molecule is CC(C)[C@H](NC(=O)OC(C)(C)C)C(=O)O[C@@H](C)[C@H](O)C1CNc2nc(N=CN(C)C)[nH]c(=O)c2N1C(=O)OC(C)(C)C. The van der Waals surface area contributed by atoms with Crippen LogP contribution in [0.2, 0.25) is 0 Å². The van der Waals surface area contributed by atoms with E-state index < -0.39 is 59.2 Å². The van der Waals surface area contributed by atoms with Gasteiger partial charge in [0.1, 0.15) is 29.5 Å². The number of carbonyl (C=O) groups excluding carboxylic acids is 3. The minimum Gasteiger partial charge on any atom is -0.458 e. The Morgan fingerprint density at radius 1 is 1.12 bits per heavy atom. The number of anilines is 2. The van der Waals surface area contributed by atoms with Gasteiger partial charge in [0.2, 0.25) is 5.95 Å². The molecule has 1 unspecified atom stereocenters. The summed E-state index contributed by atoms with van der Waals surface area (Å²) in [5, 5.41) is 16.8. The normalized spacial score (nSPS) is 17.5. The molecule has 1 aromatic heterocycles. The number of H-pyrrole nitrogens is 1. The van der Waals surface area contributed by atoms with Crippen LogP contribution in [0.4, 0.5) is 27.0 Å². The zero-order valence-electron chi connectivity index (χ0n) is 26.3. The number of nitrogens with zero attached hydrogens (tertiary/aromatic N) is 4. The van der Waals surface area contributed by atoms with Crippen molar-refractivity contribution in [2.75, 3.05) is 30.9 Å². The van der Waals surface area contributed by atoms with Crippen molar-refractivity contribution in [3.63, 3.8) is 0 Å². The molecule has 1 aromatic rings. The van der Waals surface area contributed by atoms with Gasteiger partial charge in [0, 0.05) is 20.6 Å². The van der Waals surface area contributed by atoms with Gasteiger partial charge in [0.15, 0.2) is 11.5 Å². The van der Waals surface area contributed by atoms with Gasteiger partial charge in [0.05, 0.1) is 12.4 Å². The Kier molecular flexibility index (Phi) is 10.9. The third-order valence-corrected chi connectivity index (χ3v) is 5.70. The van der Waals surface area contributed by atoms with Gasteiger partial charge in [-0.2, -0.15) is 4.98 Å². The van der Waals surface area contributed by atoms with Crippen molar-refractivity contribution >= 4 is 41.9 Å². The second kappa shape index (κ2) is 13.4. The van der Waals surface area contributed by atoms with Crippen LogP contribution in [0, 0.1) is 5.92 Å². The van der Waals surface area contributed by atoms with Gasteiger partial charge in [0.25, 0.3) is 5.56 Å². The molecule has 15 nitrogen and oxygen atoms in total. The topological polar surface area (TPSA) is 188 Å². The van der Waals surface area contributed by atoms with Crippen LogP contribution in [0.5, 0.6) is 0 Å². The van der Waals surface area contributed by atoms with Crippen molar-refractivity contribution in [3.05, 3.63) is 10.4 Å². The third kappa shape index (κ3) is 9.60. The lowest BCUT2D eigenvalue weighted by molar-refractivity contribution is -0.158. The number of aromatic amines is 1. The summed E-state index contributed by atoms with van der Waals surface area (Å²) in [6, 6.07) is -2.18. The van der Waals surface area contributed by atoms with Crippen molar-refractivity contribution in [2.45, 2.75) is 97.8 Å². The van der Waals surface area contributed by atoms with Gasteiger partial charge in [-0.15, -0.1) is 0 Å². The highest BCUT2D eigenvalue weighted by molar-refractivity contribution is 5.93. The maximum absolute atomic E-state index is 13.4. The molecule has 0 spiro atoms. The van der Waals surface area contributed by atoms with E-state index >= 15 is 0 Å². The minimum absolute atomic E-state index is 0.00241. The number of fused-ring (bicyclic) bond motifs is 1. The number of amides is 2. The average Bonchev–Trinajstić information content (AvgIpc) is 2.82. The van der Waals surface area contributed by atoms with Crippen LogP contribution < -0.4 is 21.1 Å². The van der Waals surface area contributed by atoms with Crippen molar-refractivity contribution < 1.29 is 33.7 Å². The first kappa shape index (κ1) is 34.3. The molecule has 15 heteroatoms. The molecule has 0 aliphatic carbocycles. The molecule has 0 saturated carbocycles. The molecular formula is C27H45N7O8. The first-order valence-corrected chi connectivity index (χ1v) is 13.7. The predicted octanol–water partition coefficient (Wildman–Crippen LogP) is 2.37. The number of aliphatic hydroxyl groups excluding tert-OH is 1. The Morgan fingerprint density at radius 3 is 2.24 bits per heavy atom. The van der Waals surface area contributed by atoms with Crippen LogP contribution in [-0.2, 0) is 19.0 Å². The van der Waals surface area contributed by atoms with E-state index in [1.807, 2.05) is 0 Å². The summed E-state index contributed by atoms with van der Waals surface area (Å²) >= 11 is 0. The predicted molar refractivity (Wildman–Crippen MR) is 157 cm³/mol. The van der Waals surface area contributed by atoms with E-state index in [2.05, 4.69) is 25.6 Å². The van der Waals surface area contributed by atoms with Crippen LogP contribution >= 0.6 is 0 Å². The minimum atomic E-state index is -1.48. The smallest absolute Gasteiger partial charge is 0.415 e. The standard InChI is InChI=1S/C27H45N7O8/c1-14(2)17(30-24(38)41-26(4,5)6)22(37)40-15(3)19(35)16-12-28-20-18(34(16)25(39)42-27(7,8)9)21(36)32-23(31-20)29-13-33(10)11/h13-17,19,35H,12H2,1-11H3,(H,30,38)(H2,28,31,32,36)/t15-,16?,17-,19-/m0/s1. The second-order valence-electron chi connectivity index (χ2n) is 12.6. The quantitative estimate of drug-likeness (QED) is 0.149. The van der Waals surface area contributed by atoms with Crippen molar-refractivity contribution in [3.8, 4) is 0 Å². The molecule has 0 radical (unpaired) electrons. The number of hydrogen-bond donors (Lipinski definition) is 4. The molecule has 2 heterocycles. The Morgan fingerprint density at radius 2 is 1.71 bits per heavy atom. The summed E-state index contributed by atoms with van der Waals surface area (Å²) in [5.74, 6) is -1.12. The van der Waals surface area contributed by atoms with E-state index in [9.17, 15) is 24.3 Å². The fraction of sp³-hybridized carbons (Fsp3) is 0.704. The number of nitrogens with one attached hydrogen (secondary N) is 3. The lowest BCUT2D eigenvalue weighted by atomic mass is 10.0. The van der Waals surface area contributed by atoms with Crippen molar-refractivity contribution in [2.24, 2.45) is 10.9 Å². The summed E-state index contributed by atoms with van der Waals surface area (Å²) in [6.07, 6.45) is -2.91. The summed E-state index contributed by atoms with van der Waals surface area (Å²) in [5.41, 5.74) is -2.59. The lowest BCUT2D eigenvalue weighted by Gasteiger charge is -2.40. The second-order valence-corrected chi connectivity index (χ2v) is 12.6. The number of alkyl carbamates (subject to hydrolysis) is 1. The molecule has 42 heavy (non-hydrogen) atoms. The monoisotopic (exact) mass is 595 g/mol. The fourth-order valence-corrected chi connectivity index (χ4v) is 3.87. The average molecular weight is 596 g/mol. The summed E-state index contributed by atoms with van der Waals surface area (Å²) in [7, 11) is 3.50. The highest BCUT2D eigenvalue weighted by atomic mass is 16.6. The van der Waals surface area contributed by atoms with E-state index in [4.69, 9.17) is 14.2 Å². The van der Waals surface area contributed by atoms with Gasteiger partial charge < -0.3 is 34.9 Å². The van der Waals surface area contributed by atoms with Crippen LogP contribution in [0.25, 0.3) is 0 Å². The molecule has 2 rings (SSSR count). The number of carbonyl (C=O) groups is 3. The van der Waals surface area contributed by atoms with Crippen LogP contribution in [0.3, 0.4) is 0 Å². The highest BCUT2D eigenvalue weighted by Gasteiger charge is 2.43. The largest absolute Gasteiger partial charge is 0.458 e. The zero-order valence-corrected chi connectivity index (χ0v) is 26.3. The molecule has 4 atom stereocenters. The van der Waals surface area contributed by atoms with Gasteiger partial charge in [-0.25, -0.2) is 19.4 Å². The highest BCUT2D eigenvalue weighted by Crippen LogP contribution is 2.31. The van der Waals surface area contributed by atoms with Crippen LogP contribution in [0.1, 0.15) is 62.3 Å². The van der Waals surface area contributed by atoms with Gasteiger partial charge in [-0.1, -0.05) is 13.8 Å². The molecule has 2 amide bonds. The fourth-order valence-electron chi connectivity index (χ4n) is 3.87. The van der Waals surface area contributed by atoms with Crippen LogP contribution in [0.15, 0.2) is 9.79 Å². The Labute approximate surface area is 246 Å². The van der Waals surface area contributed by atoms with Gasteiger partial charge >= 0.3 is 18.2 Å². The van der Waals surface area contributed by atoms with E-state index in [0.29, 0.717) is 0 Å². The number of aliphatic imine (C=N–C) groups is 1. The van der Waals surface area contributed by atoms with Gasteiger partial charge in [-0.05, 0) is 54.4 Å². The first-order chi connectivity index (χ1) is 19.2. The Hall–Kier alpha value is -3.88. The van der Waals surface area contributed by atoms with E-state index in [-0.39, 0.29) is 29.9 Å². The molecule has 4 N–H and O–H groups in total. The number of aromatic nitrogens is 2. The molecule has 0 fully saturated rings. The van der Waals surface area contributed by atoms with E-state index in [0.717, 1.165) is 4.90 Å². The number of aliphatic hydroxyl groups is 1. The first-order valence-electron chi connectivity index (χ1n) is 13.7. The molecule has 1 aliphatic heterocycles. The Balaban J connectivity index is 2.37. The molecule has 0 aromatic carbocycles. The Bertz CT molecular complexity index is 1220. The number of esters is 1. The van der Waals surface area contributed by atoms with Crippen LogP contribution in [-0.4, -0.2) is 101 Å². The maximum atomic E-state index is 13.4. The number of rotatable bonds is 8. The summed E-state index contributed by atoms with van der Waals surface area (Å²) in [4.78, 5) is 65.6. The maximum Gasteiger partial charge on any atom is 0.415 e. The summed E-state index contributed by atoms with van der Waals surface area (Å²) in [6.45, 7) is 14.9.